The molecule has 0 aliphatic carbocycles. The molecule has 2 atom stereocenters. The second-order valence-electron chi connectivity index (χ2n) is 4.92. The molecule has 2 unspecified atom stereocenters. The van der Waals surface area contributed by atoms with Gasteiger partial charge in [-0.05, 0) is 24.3 Å². The number of aromatic nitrogens is 1. The maximum absolute atomic E-state index is 13.9. The van der Waals surface area contributed by atoms with Crippen LogP contribution >= 0.6 is 9.24 Å². The zero-order chi connectivity index (χ0) is 13.5. The number of alkyl halides is 1. The summed E-state index contributed by atoms with van der Waals surface area (Å²) in [5, 5.41) is -0.212. The lowest BCUT2D eigenvalue weighted by atomic mass is 10.1. The molecule has 1 aromatic carbocycles. The molecular weight excluding hydrogens is 262 g/mol. The summed E-state index contributed by atoms with van der Waals surface area (Å²) < 4.78 is 19.2. The predicted molar refractivity (Wildman–Crippen MR) is 78.7 cm³/mol. The van der Waals surface area contributed by atoms with Gasteiger partial charge in [0.1, 0.15) is 11.2 Å². The highest BCUT2D eigenvalue weighted by Gasteiger charge is 2.33. The Kier molecular flexibility index (Phi) is 3.06. The van der Waals surface area contributed by atoms with E-state index in [2.05, 4.69) is 19.1 Å². The summed E-state index contributed by atoms with van der Waals surface area (Å²) in [7, 11) is 3.95. The fraction of sp³-hybridized carbons (Fsp3) is 0.357. The number of ether oxygens (including phenoxy) is 1. The van der Waals surface area contributed by atoms with E-state index in [1.165, 1.54) is 0 Å². The van der Waals surface area contributed by atoms with Gasteiger partial charge in [-0.25, -0.2) is 4.39 Å². The fourth-order valence-corrected chi connectivity index (χ4v) is 2.85. The Balaban J connectivity index is 2.02. The van der Waals surface area contributed by atoms with E-state index in [4.69, 9.17) is 4.74 Å². The van der Waals surface area contributed by atoms with Crippen molar-refractivity contribution >= 4 is 25.8 Å². The van der Waals surface area contributed by atoms with Crippen LogP contribution in [-0.4, -0.2) is 30.6 Å². The Morgan fingerprint density at radius 1 is 1.42 bits per heavy atom. The first-order valence-corrected chi connectivity index (χ1v) is 6.82. The lowest BCUT2D eigenvalue weighted by Crippen LogP contribution is -2.23. The number of benzene rings is 1. The third kappa shape index (κ3) is 2.37. The highest BCUT2D eigenvalue weighted by atomic mass is 31.0. The van der Waals surface area contributed by atoms with Crippen LogP contribution in [0.1, 0.15) is 6.42 Å². The maximum Gasteiger partial charge on any atom is 0.142 e. The molecule has 1 aliphatic rings. The standard InChI is InChI=1S/C14H16FN2OP/c1-18-13-4-6-16-12-3-2-10(8-11(12)13)17-7-5-14(15,19)9-17/h2-4,6,8H,5,7,9,19H2,1H3. The van der Waals surface area contributed by atoms with E-state index in [-0.39, 0.29) is 0 Å². The van der Waals surface area contributed by atoms with Crippen molar-refractivity contribution < 1.29 is 9.13 Å². The minimum atomic E-state index is -1.17. The molecule has 0 bridgehead atoms. The Morgan fingerprint density at radius 3 is 2.95 bits per heavy atom. The number of fused-ring (bicyclic) bond motifs is 1. The molecule has 100 valence electrons. The van der Waals surface area contributed by atoms with Crippen LogP contribution in [-0.2, 0) is 0 Å². The van der Waals surface area contributed by atoms with E-state index in [0.717, 1.165) is 28.9 Å². The summed E-state index contributed by atoms with van der Waals surface area (Å²) in [4.78, 5) is 6.36. The fourth-order valence-electron chi connectivity index (χ4n) is 2.50. The van der Waals surface area contributed by atoms with Gasteiger partial charge in [-0.2, -0.15) is 0 Å². The summed E-state index contributed by atoms with van der Waals surface area (Å²) >= 11 is 0. The number of hydrogen-bond acceptors (Lipinski definition) is 3. The van der Waals surface area contributed by atoms with Gasteiger partial charge in [0.05, 0.1) is 19.2 Å². The molecule has 0 N–H and O–H groups in total. The molecule has 1 saturated heterocycles. The molecular formula is C14H16FN2OP. The molecule has 0 amide bonds. The van der Waals surface area contributed by atoms with Crippen LogP contribution in [0, 0.1) is 0 Å². The van der Waals surface area contributed by atoms with Gasteiger partial charge in [0, 0.05) is 30.2 Å². The van der Waals surface area contributed by atoms with Crippen molar-refractivity contribution in [1.82, 2.24) is 4.98 Å². The van der Waals surface area contributed by atoms with Gasteiger partial charge in [0.15, 0.2) is 0 Å². The summed E-state index contributed by atoms with van der Waals surface area (Å²) in [6.07, 6.45) is 2.27. The largest absolute Gasteiger partial charge is 0.496 e. The quantitative estimate of drug-likeness (QED) is 0.790. The van der Waals surface area contributed by atoms with E-state index < -0.39 is 5.41 Å². The second kappa shape index (κ2) is 4.61. The number of methoxy groups -OCH3 is 1. The Bertz CT molecular complexity index is 617. The van der Waals surface area contributed by atoms with E-state index in [9.17, 15) is 4.39 Å². The van der Waals surface area contributed by atoms with Crippen LogP contribution in [0.5, 0.6) is 5.75 Å². The minimum Gasteiger partial charge on any atom is -0.496 e. The van der Waals surface area contributed by atoms with E-state index in [0.29, 0.717) is 13.0 Å². The van der Waals surface area contributed by atoms with E-state index >= 15 is 0 Å². The summed E-state index contributed by atoms with van der Waals surface area (Å²) in [5.74, 6) is 0.795. The third-order valence-corrected chi connectivity index (χ3v) is 3.99. The van der Waals surface area contributed by atoms with Gasteiger partial charge in [-0.1, -0.05) is 9.24 Å². The normalized spacial score (nSPS) is 23.0. The number of hydrogen-bond donors (Lipinski definition) is 0. The maximum atomic E-state index is 13.9. The first-order chi connectivity index (χ1) is 9.09. The third-order valence-electron chi connectivity index (χ3n) is 3.52. The van der Waals surface area contributed by atoms with Crippen LogP contribution in [0.2, 0.25) is 0 Å². The number of nitrogens with zero attached hydrogens (tertiary/aromatic N) is 2. The molecule has 3 nitrogen and oxygen atoms in total. The van der Waals surface area contributed by atoms with Crippen LogP contribution in [0.3, 0.4) is 0 Å². The van der Waals surface area contributed by atoms with E-state index in [1.54, 1.807) is 13.3 Å². The summed E-state index contributed by atoms with van der Waals surface area (Å²) in [6.45, 7) is 1.14. The Morgan fingerprint density at radius 2 is 2.26 bits per heavy atom. The Labute approximate surface area is 114 Å². The molecule has 3 rings (SSSR count). The lowest BCUT2D eigenvalue weighted by Gasteiger charge is -2.20. The van der Waals surface area contributed by atoms with Gasteiger partial charge in [-0.15, -0.1) is 0 Å². The molecule has 2 aromatic rings. The zero-order valence-electron chi connectivity index (χ0n) is 10.8. The molecule has 0 radical (unpaired) electrons. The van der Waals surface area contributed by atoms with Crippen molar-refractivity contribution in [2.24, 2.45) is 0 Å². The predicted octanol–water partition coefficient (Wildman–Crippen LogP) is 2.99. The van der Waals surface area contributed by atoms with Crippen LogP contribution in [0.4, 0.5) is 10.1 Å². The highest BCUT2D eigenvalue weighted by Crippen LogP contribution is 2.36. The second-order valence-corrected chi connectivity index (χ2v) is 5.96. The number of pyridine rings is 1. The smallest absolute Gasteiger partial charge is 0.142 e. The molecule has 1 aliphatic heterocycles. The SMILES string of the molecule is COc1ccnc2ccc(N3CCC(F)(P)C3)cc12. The van der Waals surface area contributed by atoms with Crippen molar-refractivity contribution in [3.05, 3.63) is 30.5 Å². The first kappa shape index (κ1) is 12.6. The summed E-state index contributed by atoms with van der Waals surface area (Å²) in [5.41, 5.74) is 1.90. The molecule has 1 aromatic heterocycles. The first-order valence-electron chi connectivity index (χ1n) is 6.25. The number of rotatable bonds is 2. The van der Waals surface area contributed by atoms with Crippen LogP contribution in [0.25, 0.3) is 10.9 Å². The van der Waals surface area contributed by atoms with Gasteiger partial charge >= 0.3 is 0 Å². The monoisotopic (exact) mass is 278 g/mol. The average Bonchev–Trinajstić information content (AvgIpc) is 2.78. The molecule has 5 heteroatoms. The molecule has 0 saturated carbocycles. The molecule has 0 spiro atoms. The average molecular weight is 278 g/mol. The van der Waals surface area contributed by atoms with E-state index in [1.807, 2.05) is 24.3 Å². The number of halogens is 1. The zero-order valence-corrected chi connectivity index (χ0v) is 11.9. The van der Waals surface area contributed by atoms with Crippen molar-refractivity contribution in [2.45, 2.75) is 11.8 Å². The van der Waals surface area contributed by atoms with Crippen molar-refractivity contribution in [1.29, 1.82) is 0 Å². The van der Waals surface area contributed by atoms with Crippen LogP contribution in [0.15, 0.2) is 30.5 Å². The van der Waals surface area contributed by atoms with Gasteiger partial charge in [-0.3, -0.25) is 4.98 Å². The van der Waals surface area contributed by atoms with Crippen molar-refractivity contribution in [3.8, 4) is 5.75 Å². The van der Waals surface area contributed by atoms with Crippen molar-refractivity contribution in [2.75, 3.05) is 25.1 Å². The van der Waals surface area contributed by atoms with Crippen molar-refractivity contribution in [3.63, 3.8) is 0 Å². The highest BCUT2D eigenvalue weighted by molar-refractivity contribution is 7.18. The topological polar surface area (TPSA) is 25.4 Å². The Hall–Kier alpha value is -1.41. The summed E-state index contributed by atoms with van der Waals surface area (Å²) in [6, 6.07) is 7.80. The lowest BCUT2D eigenvalue weighted by molar-refractivity contribution is 0.318. The van der Waals surface area contributed by atoms with Gasteiger partial charge in [0.25, 0.3) is 0 Å². The molecule has 2 heterocycles. The molecule has 1 fully saturated rings. The number of anilines is 1. The van der Waals surface area contributed by atoms with Gasteiger partial charge < -0.3 is 9.64 Å². The molecule has 19 heavy (non-hydrogen) atoms. The van der Waals surface area contributed by atoms with Crippen LogP contribution < -0.4 is 9.64 Å². The minimum absolute atomic E-state index is 0.408. The van der Waals surface area contributed by atoms with Gasteiger partial charge in [0.2, 0.25) is 0 Å².